The van der Waals surface area contributed by atoms with Crippen molar-refractivity contribution in [2.24, 2.45) is 5.92 Å². The van der Waals surface area contributed by atoms with E-state index in [0.717, 1.165) is 31.3 Å². The summed E-state index contributed by atoms with van der Waals surface area (Å²) < 4.78 is 39.7. The van der Waals surface area contributed by atoms with Gasteiger partial charge in [0, 0.05) is 31.6 Å². The molecular formula is C15H15F3N8. The molecule has 136 valence electrons. The number of nitrogens with one attached hydrogen (secondary N) is 1. The predicted molar refractivity (Wildman–Crippen MR) is 86.7 cm³/mol. The molecule has 0 aliphatic carbocycles. The number of rotatable bonds is 4. The Kier molecular flexibility index (Phi) is 3.85. The van der Waals surface area contributed by atoms with Gasteiger partial charge in [0.15, 0.2) is 11.5 Å². The molecule has 4 heterocycles. The monoisotopic (exact) mass is 364 g/mol. The van der Waals surface area contributed by atoms with Crippen LogP contribution in [0.2, 0.25) is 0 Å². The van der Waals surface area contributed by atoms with Crippen LogP contribution in [0, 0.1) is 12.8 Å². The van der Waals surface area contributed by atoms with Gasteiger partial charge in [-0.1, -0.05) is 0 Å². The van der Waals surface area contributed by atoms with E-state index in [-0.39, 0.29) is 5.82 Å². The Labute approximate surface area is 146 Å². The summed E-state index contributed by atoms with van der Waals surface area (Å²) in [6.07, 6.45) is -3.56. The SMILES string of the molecule is Cc1nnc2ccc(N3CC(CNc4cc(C(F)(F)F)ncn4)C3)nn12. The minimum Gasteiger partial charge on any atom is -0.370 e. The highest BCUT2D eigenvalue weighted by Crippen LogP contribution is 2.28. The Morgan fingerprint density at radius 2 is 2.00 bits per heavy atom. The molecule has 0 atom stereocenters. The Morgan fingerprint density at radius 3 is 2.77 bits per heavy atom. The van der Waals surface area contributed by atoms with Gasteiger partial charge in [-0.15, -0.1) is 15.3 Å². The summed E-state index contributed by atoms with van der Waals surface area (Å²) in [7, 11) is 0. The van der Waals surface area contributed by atoms with E-state index < -0.39 is 11.9 Å². The third kappa shape index (κ3) is 3.11. The highest BCUT2D eigenvalue weighted by Gasteiger charge is 2.33. The van der Waals surface area contributed by atoms with Crippen LogP contribution in [0.4, 0.5) is 24.8 Å². The predicted octanol–water partition coefficient (Wildman–Crippen LogP) is 1.79. The maximum atomic E-state index is 12.7. The number of anilines is 2. The zero-order valence-corrected chi connectivity index (χ0v) is 13.8. The lowest BCUT2D eigenvalue weighted by Gasteiger charge is -2.40. The number of aryl methyl sites for hydroxylation is 1. The summed E-state index contributed by atoms with van der Waals surface area (Å²) in [6.45, 7) is 3.86. The highest BCUT2D eigenvalue weighted by molar-refractivity contribution is 5.47. The number of nitrogens with zero attached hydrogens (tertiary/aromatic N) is 7. The topological polar surface area (TPSA) is 84.1 Å². The molecule has 0 radical (unpaired) electrons. The van der Waals surface area contributed by atoms with Crippen LogP contribution < -0.4 is 10.2 Å². The summed E-state index contributed by atoms with van der Waals surface area (Å²) in [5, 5.41) is 15.4. The van der Waals surface area contributed by atoms with Crippen molar-refractivity contribution in [3.8, 4) is 0 Å². The summed E-state index contributed by atoms with van der Waals surface area (Å²) in [6, 6.07) is 4.65. The third-order valence-electron chi connectivity index (χ3n) is 4.22. The Balaban J connectivity index is 1.34. The average molecular weight is 364 g/mol. The molecule has 3 aromatic rings. The van der Waals surface area contributed by atoms with E-state index in [2.05, 4.69) is 35.5 Å². The van der Waals surface area contributed by atoms with Crippen molar-refractivity contribution in [1.82, 2.24) is 29.8 Å². The highest BCUT2D eigenvalue weighted by atomic mass is 19.4. The molecule has 11 heteroatoms. The van der Waals surface area contributed by atoms with Crippen LogP contribution in [0.15, 0.2) is 24.5 Å². The van der Waals surface area contributed by atoms with Gasteiger partial charge in [0.05, 0.1) is 0 Å². The van der Waals surface area contributed by atoms with Crippen molar-refractivity contribution < 1.29 is 13.2 Å². The fourth-order valence-corrected chi connectivity index (χ4v) is 2.80. The van der Waals surface area contributed by atoms with E-state index in [4.69, 9.17) is 0 Å². The summed E-state index contributed by atoms with van der Waals surface area (Å²) in [4.78, 5) is 9.17. The van der Waals surface area contributed by atoms with E-state index in [0.29, 0.717) is 23.9 Å². The second-order valence-electron chi connectivity index (χ2n) is 6.15. The van der Waals surface area contributed by atoms with Gasteiger partial charge in [-0.2, -0.15) is 17.7 Å². The molecule has 1 aliphatic rings. The van der Waals surface area contributed by atoms with Gasteiger partial charge in [-0.25, -0.2) is 9.97 Å². The van der Waals surface area contributed by atoms with Crippen LogP contribution >= 0.6 is 0 Å². The number of halogens is 3. The molecule has 1 N–H and O–H groups in total. The quantitative estimate of drug-likeness (QED) is 0.755. The third-order valence-corrected chi connectivity index (χ3v) is 4.22. The summed E-state index contributed by atoms with van der Waals surface area (Å²) in [5.74, 6) is 1.99. The maximum Gasteiger partial charge on any atom is 0.433 e. The van der Waals surface area contributed by atoms with E-state index in [1.165, 1.54) is 0 Å². The molecule has 0 unspecified atom stereocenters. The van der Waals surface area contributed by atoms with Crippen LogP contribution in [-0.2, 0) is 6.18 Å². The molecule has 1 saturated heterocycles. The van der Waals surface area contributed by atoms with Gasteiger partial charge in [-0.3, -0.25) is 0 Å². The minimum absolute atomic E-state index is 0.172. The van der Waals surface area contributed by atoms with E-state index >= 15 is 0 Å². The lowest BCUT2D eigenvalue weighted by molar-refractivity contribution is -0.141. The van der Waals surface area contributed by atoms with E-state index in [1.807, 2.05) is 19.1 Å². The molecular weight excluding hydrogens is 349 g/mol. The van der Waals surface area contributed by atoms with Crippen molar-refractivity contribution in [2.45, 2.75) is 13.1 Å². The number of hydrogen-bond acceptors (Lipinski definition) is 7. The molecule has 1 aliphatic heterocycles. The molecule has 0 bridgehead atoms. The van der Waals surface area contributed by atoms with Crippen molar-refractivity contribution in [3.05, 3.63) is 36.0 Å². The smallest absolute Gasteiger partial charge is 0.370 e. The molecule has 0 spiro atoms. The largest absolute Gasteiger partial charge is 0.433 e. The second kappa shape index (κ2) is 6.07. The van der Waals surface area contributed by atoms with Gasteiger partial charge < -0.3 is 10.2 Å². The van der Waals surface area contributed by atoms with E-state index in [1.54, 1.807) is 4.52 Å². The first-order chi connectivity index (χ1) is 12.4. The lowest BCUT2D eigenvalue weighted by Crippen LogP contribution is -2.50. The average Bonchev–Trinajstić information content (AvgIpc) is 2.94. The van der Waals surface area contributed by atoms with Gasteiger partial charge in [-0.05, 0) is 19.1 Å². The molecule has 26 heavy (non-hydrogen) atoms. The van der Waals surface area contributed by atoms with Gasteiger partial charge in [0.1, 0.15) is 23.7 Å². The second-order valence-corrected chi connectivity index (χ2v) is 6.15. The number of fused-ring (bicyclic) bond motifs is 1. The molecule has 0 saturated carbocycles. The minimum atomic E-state index is -4.47. The Bertz CT molecular complexity index is 932. The molecule has 8 nitrogen and oxygen atoms in total. The van der Waals surface area contributed by atoms with E-state index in [9.17, 15) is 13.2 Å². The van der Waals surface area contributed by atoms with Crippen LogP contribution in [0.3, 0.4) is 0 Å². The van der Waals surface area contributed by atoms with Gasteiger partial charge in [0.25, 0.3) is 0 Å². The van der Waals surface area contributed by atoms with Gasteiger partial charge >= 0.3 is 6.18 Å². The number of aromatic nitrogens is 6. The zero-order valence-electron chi connectivity index (χ0n) is 13.8. The van der Waals surface area contributed by atoms with Crippen molar-refractivity contribution in [2.75, 3.05) is 29.9 Å². The molecule has 1 fully saturated rings. The fraction of sp³-hybridized carbons (Fsp3) is 0.400. The first kappa shape index (κ1) is 16.5. The maximum absolute atomic E-state index is 12.7. The van der Waals surface area contributed by atoms with Crippen LogP contribution in [0.1, 0.15) is 11.5 Å². The Morgan fingerprint density at radius 1 is 1.19 bits per heavy atom. The van der Waals surface area contributed by atoms with Crippen molar-refractivity contribution in [1.29, 1.82) is 0 Å². The lowest BCUT2D eigenvalue weighted by atomic mass is 10.0. The fourth-order valence-electron chi connectivity index (χ4n) is 2.80. The van der Waals surface area contributed by atoms with Gasteiger partial charge in [0.2, 0.25) is 0 Å². The Hall–Kier alpha value is -2.98. The standard InChI is InChI=1S/C15H15F3N8/c1-9-22-23-13-2-3-14(24-26(9)13)25-6-10(7-25)5-19-12-4-11(15(16,17)18)20-8-21-12/h2-4,8,10H,5-7H2,1H3,(H,19,20,21). The van der Waals surface area contributed by atoms with Crippen molar-refractivity contribution >= 4 is 17.3 Å². The normalized spacial score (nSPS) is 15.3. The number of alkyl halides is 3. The van der Waals surface area contributed by atoms with Crippen LogP contribution in [0.25, 0.3) is 5.65 Å². The molecule has 0 aromatic carbocycles. The molecule has 4 rings (SSSR count). The van der Waals surface area contributed by atoms with Crippen LogP contribution in [-0.4, -0.2) is 49.4 Å². The zero-order chi connectivity index (χ0) is 18.3. The van der Waals surface area contributed by atoms with Crippen LogP contribution in [0.5, 0.6) is 0 Å². The van der Waals surface area contributed by atoms with Crippen molar-refractivity contribution in [3.63, 3.8) is 0 Å². The molecule has 3 aromatic heterocycles. The summed E-state index contributed by atoms with van der Waals surface area (Å²) in [5.41, 5.74) is -0.263. The first-order valence-electron chi connectivity index (χ1n) is 7.97. The summed E-state index contributed by atoms with van der Waals surface area (Å²) >= 11 is 0. The first-order valence-corrected chi connectivity index (χ1v) is 7.97. The molecule has 0 amide bonds. The number of hydrogen-bond donors (Lipinski definition) is 1.